The summed E-state index contributed by atoms with van der Waals surface area (Å²) >= 11 is 0. The highest BCUT2D eigenvalue weighted by Gasteiger charge is 2.31. The first-order chi connectivity index (χ1) is 9.16. The van der Waals surface area contributed by atoms with E-state index in [9.17, 15) is 4.79 Å². The molecule has 0 fully saturated rings. The van der Waals surface area contributed by atoms with Crippen LogP contribution in [-0.4, -0.2) is 30.5 Å². The summed E-state index contributed by atoms with van der Waals surface area (Å²) in [4.78, 5) is 24.8. The maximum Gasteiger partial charge on any atom is 0.252 e. The summed E-state index contributed by atoms with van der Waals surface area (Å²) < 4.78 is 1.53. The molecule has 0 bridgehead atoms. The minimum absolute atomic E-state index is 0.0419. The molecule has 0 aromatic carbocycles. The van der Waals surface area contributed by atoms with Crippen LogP contribution in [0.2, 0.25) is 0 Å². The summed E-state index contributed by atoms with van der Waals surface area (Å²) in [5, 5.41) is 4.01. The van der Waals surface area contributed by atoms with Crippen LogP contribution in [0.25, 0.3) is 5.95 Å². The highest BCUT2D eigenvalue weighted by atomic mass is 16.1. The van der Waals surface area contributed by atoms with Crippen LogP contribution in [0.3, 0.4) is 0 Å². The molecule has 2 heterocycles. The number of aryl methyl sites for hydroxylation is 1. The van der Waals surface area contributed by atoms with E-state index < -0.39 is 0 Å². The van der Waals surface area contributed by atoms with Crippen LogP contribution in [0.5, 0.6) is 0 Å². The second-order valence-corrected chi connectivity index (χ2v) is 5.06. The Morgan fingerprint density at radius 1 is 1.47 bits per heavy atom. The summed E-state index contributed by atoms with van der Waals surface area (Å²) in [7, 11) is 0. The molecular formula is C13H15N5O. The molecule has 2 aromatic heterocycles. The number of carbonyl (C=O) groups is 1. The Kier molecular flexibility index (Phi) is 2.85. The van der Waals surface area contributed by atoms with E-state index in [0.717, 1.165) is 24.1 Å². The Labute approximate surface area is 110 Å². The van der Waals surface area contributed by atoms with Crippen LogP contribution in [0.1, 0.15) is 37.4 Å². The molecule has 3 rings (SSSR count). The molecule has 0 aliphatic heterocycles. The average molecular weight is 257 g/mol. The van der Waals surface area contributed by atoms with Gasteiger partial charge in [-0.15, -0.1) is 0 Å². The van der Waals surface area contributed by atoms with Crippen molar-refractivity contribution in [3.05, 3.63) is 30.1 Å². The van der Waals surface area contributed by atoms with Gasteiger partial charge in [0, 0.05) is 29.3 Å². The van der Waals surface area contributed by atoms with Crippen molar-refractivity contribution in [3.8, 4) is 5.95 Å². The lowest BCUT2D eigenvalue weighted by molar-refractivity contribution is -0.123. The van der Waals surface area contributed by atoms with E-state index >= 15 is 0 Å². The van der Waals surface area contributed by atoms with Crippen LogP contribution >= 0.6 is 0 Å². The number of hydrogen-bond acceptors (Lipinski definition) is 5. The van der Waals surface area contributed by atoms with E-state index in [-0.39, 0.29) is 17.6 Å². The molecule has 1 atom stereocenters. The van der Waals surface area contributed by atoms with Gasteiger partial charge in [-0.1, -0.05) is 13.8 Å². The predicted octanol–water partition coefficient (Wildman–Crippen LogP) is 1.31. The smallest absolute Gasteiger partial charge is 0.252 e. The van der Waals surface area contributed by atoms with Gasteiger partial charge in [0.05, 0.1) is 0 Å². The molecule has 98 valence electrons. The summed E-state index contributed by atoms with van der Waals surface area (Å²) in [5.41, 5.74) is 1.93. The summed E-state index contributed by atoms with van der Waals surface area (Å²) in [6.07, 6.45) is 6.43. The summed E-state index contributed by atoms with van der Waals surface area (Å²) in [6.45, 7) is 3.87. The van der Waals surface area contributed by atoms with Gasteiger partial charge >= 0.3 is 0 Å². The minimum Gasteiger partial charge on any atom is -0.299 e. The van der Waals surface area contributed by atoms with Gasteiger partial charge < -0.3 is 0 Å². The standard InChI is InChI=1S/C13H15N5O/c1-8(2)12(19)9-3-4-11-10(9)5-15-13(17-11)18-7-14-6-16-18/h5-9H,3-4H2,1-2H3/t9-/m1/s1. The first kappa shape index (κ1) is 12.0. The van der Waals surface area contributed by atoms with E-state index in [1.165, 1.54) is 11.0 Å². The first-order valence-electron chi connectivity index (χ1n) is 6.41. The molecule has 2 aromatic rings. The van der Waals surface area contributed by atoms with Crippen molar-refractivity contribution < 1.29 is 4.79 Å². The van der Waals surface area contributed by atoms with Crippen molar-refractivity contribution in [3.63, 3.8) is 0 Å². The van der Waals surface area contributed by atoms with E-state index in [2.05, 4.69) is 20.1 Å². The second-order valence-electron chi connectivity index (χ2n) is 5.06. The highest BCUT2D eigenvalue weighted by molar-refractivity contribution is 5.88. The molecule has 6 nitrogen and oxygen atoms in total. The largest absolute Gasteiger partial charge is 0.299 e. The maximum atomic E-state index is 12.1. The highest BCUT2D eigenvalue weighted by Crippen LogP contribution is 2.34. The molecule has 1 aliphatic carbocycles. The van der Waals surface area contributed by atoms with Crippen molar-refractivity contribution in [2.75, 3.05) is 0 Å². The minimum atomic E-state index is -0.0419. The van der Waals surface area contributed by atoms with Crippen LogP contribution in [-0.2, 0) is 11.2 Å². The third-order valence-electron chi connectivity index (χ3n) is 3.47. The molecule has 0 spiro atoms. The van der Waals surface area contributed by atoms with Gasteiger partial charge in [-0.25, -0.2) is 15.0 Å². The van der Waals surface area contributed by atoms with Crippen LogP contribution in [0, 0.1) is 5.92 Å². The summed E-state index contributed by atoms with van der Waals surface area (Å²) in [5.74, 6) is 0.787. The van der Waals surface area contributed by atoms with Gasteiger partial charge in [-0.3, -0.25) is 4.79 Å². The van der Waals surface area contributed by atoms with Gasteiger partial charge in [0.2, 0.25) is 0 Å². The summed E-state index contributed by atoms with van der Waals surface area (Å²) in [6, 6.07) is 0. The normalized spacial score (nSPS) is 17.7. The van der Waals surface area contributed by atoms with Gasteiger partial charge in [0.15, 0.2) is 0 Å². The number of rotatable bonds is 3. The van der Waals surface area contributed by atoms with E-state index in [1.54, 1.807) is 12.5 Å². The topological polar surface area (TPSA) is 73.6 Å². The number of carbonyl (C=O) groups excluding carboxylic acids is 1. The number of nitrogens with zero attached hydrogens (tertiary/aromatic N) is 5. The molecule has 0 saturated carbocycles. The zero-order chi connectivity index (χ0) is 13.4. The van der Waals surface area contributed by atoms with Crippen molar-refractivity contribution in [2.24, 2.45) is 5.92 Å². The Morgan fingerprint density at radius 2 is 2.32 bits per heavy atom. The fraction of sp³-hybridized carbons (Fsp3) is 0.462. The monoisotopic (exact) mass is 257 g/mol. The second kappa shape index (κ2) is 4.53. The van der Waals surface area contributed by atoms with Crippen molar-refractivity contribution in [1.29, 1.82) is 0 Å². The average Bonchev–Trinajstić information content (AvgIpc) is 3.06. The molecule has 6 heteroatoms. The zero-order valence-electron chi connectivity index (χ0n) is 10.9. The van der Waals surface area contributed by atoms with E-state index in [1.807, 2.05) is 13.8 Å². The Morgan fingerprint density at radius 3 is 3.00 bits per heavy atom. The fourth-order valence-corrected chi connectivity index (χ4v) is 2.46. The van der Waals surface area contributed by atoms with Crippen molar-refractivity contribution in [2.45, 2.75) is 32.6 Å². The zero-order valence-corrected chi connectivity index (χ0v) is 10.9. The first-order valence-corrected chi connectivity index (χ1v) is 6.41. The van der Waals surface area contributed by atoms with E-state index in [4.69, 9.17) is 0 Å². The lowest BCUT2D eigenvalue weighted by Crippen LogP contribution is -2.16. The number of Topliss-reactive ketones (excluding diaryl/α,β-unsaturated/α-hetero) is 1. The van der Waals surface area contributed by atoms with Gasteiger partial charge in [0.1, 0.15) is 18.4 Å². The fourth-order valence-electron chi connectivity index (χ4n) is 2.46. The van der Waals surface area contributed by atoms with Crippen LogP contribution in [0.15, 0.2) is 18.9 Å². The van der Waals surface area contributed by atoms with Crippen LogP contribution in [0.4, 0.5) is 0 Å². The Bertz CT molecular complexity index is 606. The van der Waals surface area contributed by atoms with E-state index in [0.29, 0.717) is 5.95 Å². The van der Waals surface area contributed by atoms with Crippen LogP contribution < -0.4 is 0 Å². The third-order valence-corrected chi connectivity index (χ3v) is 3.47. The Hall–Kier alpha value is -2.11. The molecule has 0 radical (unpaired) electrons. The predicted molar refractivity (Wildman–Crippen MR) is 67.9 cm³/mol. The quantitative estimate of drug-likeness (QED) is 0.829. The van der Waals surface area contributed by atoms with Crippen molar-refractivity contribution in [1.82, 2.24) is 24.7 Å². The molecule has 0 saturated heterocycles. The van der Waals surface area contributed by atoms with Gasteiger partial charge in [0.25, 0.3) is 5.95 Å². The molecule has 0 amide bonds. The molecule has 0 unspecified atom stereocenters. The number of ketones is 1. The van der Waals surface area contributed by atoms with Gasteiger partial charge in [-0.2, -0.15) is 9.78 Å². The van der Waals surface area contributed by atoms with Gasteiger partial charge in [-0.05, 0) is 12.8 Å². The molecular weight excluding hydrogens is 242 g/mol. The number of fused-ring (bicyclic) bond motifs is 1. The molecule has 0 N–H and O–H groups in total. The molecule has 1 aliphatic rings. The maximum absolute atomic E-state index is 12.1. The Balaban J connectivity index is 1.95. The third kappa shape index (κ3) is 2.03. The number of hydrogen-bond donors (Lipinski definition) is 0. The number of aromatic nitrogens is 5. The lowest BCUT2D eigenvalue weighted by atomic mass is 9.91. The molecule has 19 heavy (non-hydrogen) atoms. The lowest BCUT2D eigenvalue weighted by Gasteiger charge is -2.12. The van der Waals surface area contributed by atoms with Crippen molar-refractivity contribution >= 4 is 5.78 Å². The SMILES string of the molecule is CC(C)C(=O)[C@@H]1CCc2nc(-n3cncn3)ncc21.